The van der Waals surface area contributed by atoms with Crippen molar-refractivity contribution < 1.29 is 18.0 Å². The van der Waals surface area contributed by atoms with Crippen molar-refractivity contribution in [3.8, 4) is 0 Å². The third-order valence-electron chi connectivity index (χ3n) is 4.01. The summed E-state index contributed by atoms with van der Waals surface area (Å²) in [4.78, 5) is 12.2. The van der Waals surface area contributed by atoms with E-state index in [4.69, 9.17) is 5.84 Å². The first-order chi connectivity index (χ1) is 10.7. The van der Waals surface area contributed by atoms with Gasteiger partial charge in [0.25, 0.3) is 5.82 Å². The van der Waals surface area contributed by atoms with Gasteiger partial charge < -0.3 is 11.2 Å². The number of aromatic nitrogens is 3. The third kappa shape index (κ3) is 4.30. The summed E-state index contributed by atoms with van der Waals surface area (Å²) in [6.45, 7) is 3.70. The first kappa shape index (κ1) is 17.9. The molecule has 0 bridgehead atoms. The van der Waals surface area contributed by atoms with Gasteiger partial charge in [0.2, 0.25) is 11.1 Å². The molecule has 1 saturated carbocycles. The summed E-state index contributed by atoms with van der Waals surface area (Å²) < 4.78 is 38.2. The number of amides is 1. The minimum atomic E-state index is -4.68. The normalized spacial score (nSPS) is 23.5. The zero-order valence-corrected chi connectivity index (χ0v) is 13.7. The van der Waals surface area contributed by atoms with Crippen LogP contribution in [0, 0.1) is 5.92 Å². The van der Waals surface area contributed by atoms with E-state index < -0.39 is 17.3 Å². The largest absolute Gasteiger partial charge is 0.453 e. The Hall–Kier alpha value is -1.45. The van der Waals surface area contributed by atoms with Crippen molar-refractivity contribution in [3.63, 3.8) is 0 Å². The number of halogens is 3. The average Bonchev–Trinajstić information content (AvgIpc) is 2.82. The van der Waals surface area contributed by atoms with Gasteiger partial charge in [-0.2, -0.15) is 13.2 Å². The number of carbonyl (C=O) groups is 1. The number of alkyl halides is 3. The van der Waals surface area contributed by atoms with Gasteiger partial charge in [0, 0.05) is 6.04 Å². The summed E-state index contributed by atoms with van der Waals surface area (Å²) in [6.07, 6.45) is -0.449. The van der Waals surface area contributed by atoms with Crippen LogP contribution < -0.4 is 11.2 Å². The predicted molar refractivity (Wildman–Crippen MR) is 80.1 cm³/mol. The van der Waals surface area contributed by atoms with E-state index in [1.165, 1.54) is 0 Å². The molecule has 2 rings (SSSR count). The van der Waals surface area contributed by atoms with Gasteiger partial charge in [-0.15, -0.1) is 10.2 Å². The van der Waals surface area contributed by atoms with Gasteiger partial charge in [0.05, 0.1) is 5.25 Å². The zero-order chi connectivity index (χ0) is 17.2. The second-order valence-corrected chi connectivity index (χ2v) is 7.12. The quantitative estimate of drug-likeness (QED) is 0.641. The average molecular weight is 351 g/mol. The number of hydrogen-bond donors (Lipinski definition) is 2. The third-order valence-corrected chi connectivity index (χ3v) is 5.07. The van der Waals surface area contributed by atoms with Gasteiger partial charge >= 0.3 is 6.18 Å². The molecule has 0 aliphatic heterocycles. The molecule has 1 fully saturated rings. The molecule has 1 amide bonds. The van der Waals surface area contributed by atoms with Gasteiger partial charge in [-0.1, -0.05) is 31.5 Å². The van der Waals surface area contributed by atoms with Crippen LogP contribution in [0.5, 0.6) is 0 Å². The monoisotopic (exact) mass is 351 g/mol. The van der Waals surface area contributed by atoms with Crippen LogP contribution in [-0.2, 0) is 11.0 Å². The van der Waals surface area contributed by atoms with E-state index in [-0.39, 0.29) is 17.1 Å². The molecule has 3 atom stereocenters. The lowest BCUT2D eigenvalue weighted by molar-refractivity contribution is -0.146. The number of nitrogens with zero attached hydrogens (tertiary/aromatic N) is 3. The van der Waals surface area contributed by atoms with Gasteiger partial charge in [-0.3, -0.25) is 4.79 Å². The SMILES string of the molecule is CC(Sc1nnc(C(F)(F)F)n1N)C(=O)NC1CCCCC1C. The second-order valence-electron chi connectivity index (χ2n) is 5.81. The van der Waals surface area contributed by atoms with E-state index >= 15 is 0 Å². The van der Waals surface area contributed by atoms with Crippen molar-refractivity contribution in [2.24, 2.45) is 5.92 Å². The molecule has 10 heteroatoms. The Morgan fingerprint density at radius 2 is 2.04 bits per heavy atom. The summed E-state index contributed by atoms with van der Waals surface area (Å²) in [5.74, 6) is 4.25. The van der Waals surface area contributed by atoms with Crippen molar-refractivity contribution in [1.82, 2.24) is 20.2 Å². The molecule has 3 N–H and O–H groups in total. The fraction of sp³-hybridized carbons (Fsp3) is 0.769. The highest BCUT2D eigenvalue weighted by atomic mass is 32.2. The topological polar surface area (TPSA) is 85.8 Å². The molecular formula is C13H20F3N5OS. The fourth-order valence-corrected chi connectivity index (χ4v) is 3.37. The fourth-order valence-electron chi connectivity index (χ4n) is 2.59. The maximum Gasteiger partial charge on any atom is 0.453 e. The number of hydrogen-bond acceptors (Lipinski definition) is 5. The molecule has 130 valence electrons. The summed E-state index contributed by atoms with van der Waals surface area (Å²) >= 11 is 0.857. The Balaban J connectivity index is 1.97. The van der Waals surface area contributed by atoms with E-state index in [2.05, 4.69) is 22.4 Å². The molecule has 1 aliphatic carbocycles. The molecule has 0 radical (unpaired) electrons. The predicted octanol–water partition coefficient (Wildman–Crippen LogP) is 2.19. The number of nitrogen functional groups attached to an aromatic ring is 1. The first-order valence-corrected chi connectivity index (χ1v) is 8.33. The van der Waals surface area contributed by atoms with Crippen LogP contribution in [0.15, 0.2) is 5.16 Å². The standard InChI is InChI=1S/C13H20F3N5OS/c1-7-5-3-4-6-9(7)18-10(22)8(2)23-12-20-19-11(21(12)17)13(14,15)16/h7-9H,3-6,17H2,1-2H3,(H,18,22). The van der Waals surface area contributed by atoms with Gasteiger partial charge in [-0.05, 0) is 25.7 Å². The number of carbonyl (C=O) groups excluding carboxylic acids is 1. The van der Waals surface area contributed by atoms with Crippen molar-refractivity contribution in [2.75, 3.05) is 5.84 Å². The Bertz CT molecular complexity index is 562. The maximum absolute atomic E-state index is 12.6. The Morgan fingerprint density at radius 3 is 2.61 bits per heavy atom. The zero-order valence-electron chi connectivity index (χ0n) is 12.9. The summed E-state index contributed by atoms with van der Waals surface area (Å²) in [6, 6.07) is 0.112. The summed E-state index contributed by atoms with van der Waals surface area (Å²) in [5.41, 5.74) is 0. The number of nitrogens with one attached hydrogen (secondary N) is 1. The van der Waals surface area contributed by atoms with Crippen LogP contribution in [0.3, 0.4) is 0 Å². The molecule has 0 saturated heterocycles. The van der Waals surface area contributed by atoms with Crippen LogP contribution >= 0.6 is 11.8 Å². The van der Waals surface area contributed by atoms with Crippen molar-refractivity contribution in [1.29, 1.82) is 0 Å². The van der Waals surface area contributed by atoms with Crippen molar-refractivity contribution in [2.45, 2.75) is 62.2 Å². The van der Waals surface area contributed by atoms with Crippen molar-refractivity contribution in [3.05, 3.63) is 5.82 Å². The summed E-state index contributed by atoms with van der Waals surface area (Å²) in [5, 5.41) is 8.66. The first-order valence-electron chi connectivity index (χ1n) is 7.45. The van der Waals surface area contributed by atoms with E-state index in [9.17, 15) is 18.0 Å². The lowest BCUT2D eigenvalue weighted by atomic mass is 9.86. The number of thioether (sulfide) groups is 1. The minimum absolute atomic E-state index is 0.112. The number of nitrogens with two attached hydrogens (primary N) is 1. The summed E-state index contributed by atoms with van der Waals surface area (Å²) in [7, 11) is 0. The Labute approximate surface area is 136 Å². The van der Waals surface area contributed by atoms with E-state index in [0.717, 1.165) is 37.4 Å². The molecule has 1 heterocycles. The maximum atomic E-state index is 12.6. The molecule has 3 unspecified atom stereocenters. The molecule has 23 heavy (non-hydrogen) atoms. The van der Waals surface area contributed by atoms with Crippen LogP contribution in [0.1, 0.15) is 45.4 Å². The van der Waals surface area contributed by atoms with E-state index in [0.29, 0.717) is 10.6 Å². The van der Waals surface area contributed by atoms with Crippen LogP contribution in [0.2, 0.25) is 0 Å². The molecule has 1 aliphatic rings. The van der Waals surface area contributed by atoms with E-state index in [1.807, 2.05) is 0 Å². The minimum Gasteiger partial charge on any atom is -0.352 e. The Kier molecular flexibility index (Phi) is 5.43. The van der Waals surface area contributed by atoms with Gasteiger partial charge in [0.15, 0.2) is 0 Å². The van der Waals surface area contributed by atoms with Crippen molar-refractivity contribution >= 4 is 17.7 Å². The molecular weight excluding hydrogens is 331 g/mol. The van der Waals surface area contributed by atoms with Crippen LogP contribution in [-0.4, -0.2) is 32.1 Å². The van der Waals surface area contributed by atoms with Crippen LogP contribution in [0.4, 0.5) is 13.2 Å². The lowest BCUT2D eigenvalue weighted by Gasteiger charge is -2.30. The highest BCUT2D eigenvalue weighted by Crippen LogP contribution is 2.30. The van der Waals surface area contributed by atoms with Crippen LogP contribution in [0.25, 0.3) is 0 Å². The second kappa shape index (κ2) is 6.98. The molecule has 6 nitrogen and oxygen atoms in total. The van der Waals surface area contributed by atoms with Gasteiger partial charge in [-0.25, -0.2) is 4.68 Å². The highest BCUT2D eigenvalue weighted by Gasteiger charge is 2.38. The molecule has 0 aromatic carbocycles. The van der Waals surface area contributed by atoms with Gasteiger partial charge in [0.1, 0.15) is 0 Å². The number of rotatable bonds is 4. The smallest absolute Gasteiger partial charge is 0.352 e. The molecule has 0 spiro atoms. The molecule has 1 aromatic heterocycles. The molecule has 1 aromatic rings. The lowest BCUT2D eigenvalue weighted by Crippen LogP contribution is -2.44. The highest BCUT2D eigenvalue weighted by molar-refractivity contribution is 8.00. The van der Waals surface area contributed by atoms with E-state index in [1.54, 1.807) is 6.92 Å². The Morgan fingerprint density at radius 1 is 1.39 bits per heavy atom.